The van der Waals surface area contributed by atoms with Crippen molar-refractivity contribution >= 4 is 45.6 Å². The van der Waals surface area contributed by atoms with Crippen molar-refractivity contribution in [1.82, 2.24) is 4.98 Å². The highest BCUT2D eigenvalue weighted by atomic mass is 35.5. The van der Waals surface area contributed by atoms with Gasteiger partial charge in [0, 0.05) is 21.2 Å². The summed E-state index contributed by atoms with van der Waals surface area (Å²) in [4.78, 5) is 30.9. The Morgan fingerprint density at radius 3 is 2.43 bits per heavy atom. The first kappa shape index (κ1) is 20.6. The Hall–Kier alpha value is -2.70. The van der Waals surface area contributed by atoms with E-state index in [0.29, 0.717) is 21.6 Å². The van der Waals surface area contributed by atoms with E-state index < -0.39 is 0 Å². The molecule has 1 aliphatic rings. The second kappa shape index (κ2) is 8.58. The lowest BCUT2D eigenvalue weighted by molar-refractivity contribution is -0.117. The summed E-state index contributed by atoms with van der Waals surface area (Å²) in [5.41, 5.74) is 3.29. The Morgan fingerprint density at radius 2 is 1.77 bits per heavy atom. The minimum absolute atomic E-state index is 0.0630. The number of thiazole rings is 1. The molecule has 0 bridgehead atoms. The summed E-state index contributed by atoms with van der Waals surface area (Å²) < 4.78 is 0. The first-order chi connectivity index (χ1) is 14.4. The summed E-state index contributed by atoms with van der Waals surface area (Å²) in [7, 11) is 0. The molecule has 154 valence electrons. The lowest BCUT2D eigenvalue weighted by atomic mass is 10.0. The summed E-state index contributed by atoms with van der Waals surface area (Å²) in [5.74, 6) is -0.164. The van der Waals surface area contributed by atoms with Gasteiger partial charge in [-0.1, -0.05) is 37.6 Å². The van der Waals surface area contributed by atoms with E-state index in [1.54, 1.807) is 24.3 Å². The van der Waals surface area contributed by atoms with Crippen LogP contribution in [0.25, 0.3) is 0 Å². The Labute approximate surface area is 184 Å². The van der Waals surface area contributed by atoms with Crippen LogP contribution >= 0.6 is 22.9 Å². The third kappa shape index (κ3) is 4.40. The Morgan fingerprint density at radius 1 is 1.07 bits per heavy atom. The molecule has 4 rings (SSSR count). The van der Waals surface area contributed by atoms with Crippen LogP contribution in [0.2, 0.25) is 5.02 Å². The standard InChI is InChI=1S/C23H22ClN3O2S/c1-13(2)14-5-9-17(10-6-14)25-22(29)18-11-12-19-20(18)26-23(30-19)27-21(28)15-3-7-16(24)8-4-15/h3-10,13,18H,11-12H2,1-2H3,(H,25,29)(H,26,27,28). The fourth-order valence-electron chi connectivity index (χ4n) is 3.49. The number of anilines is 2. The molecule has 3 aromatic rings. The van der Waals surface area contributed by atoms with Gasteiger partial charge in [-0.15, -0.1) is 11.3 Å². The molecule has 0 saturated heterocycles. The molecule has 30 heavy (non-hydrogen) atoms. The van der Waals surface area contributed by atoms with Crippen molar-refractivity contribution in [1.29, 1.82) is 0 Å². The minimum atomic E-state index is -0.304. The van der Waals surface area contributed by atoms with Crippen molar-refractivity contribution in [3.05, 3.63) is 75.3 Å². The molecule has 1 aromatic heterocycles. The number of hydrogen-bond acceptors (Lipinski definition) is 4. The average Bonchev–Trinajstić information content (AvgIpc) is 3.29. The average molecular weight is 440 g/mol. The van der Waals surface area contributed by atoms with Gasteiger partial charge in [0.2, 0.25) is 5.91 Å². The van der Waals surface area contributed by atoms with E-state index in [0.717, 1.165) is 29.1 Å². The van der Waals surface area contributed by atoms with Crippen LogP contribution in [0.15, 0.2) is 48.5 Å². The Bertz CT molecular complexity index is 1070. The number of nitrogens with one attached hydrogen (secondary N) is 2. The van der Waals surface area contributed by atoms with Gasteiger partial charge in [-0.3, -0.25) is 14.9 Å². The molecule has 0 saturated carbocycles. The second-order valence-electron chi connectivity index (χ2n) is 7.65. The molecule has 0 radical (unpaired) electrons. The van der Waals surface area contributed by atoms with E-state index in [1.165, 1.54) is 16.9 Å². The lowest BCUT2D eigenvalue weighted by Crippen LogP contribution is -2.20. The highest BCUT2D eigenvalue weighted by Crippen LogP contribution is 2.39. The van der Waals surface area contributed by atoms with Crippen molar-refractivity contribution in [3.8, 4) is 0 Å². The van der Waals surface area contributed by atoms with E-state index in [2.05, 4.69) is 29.5 Å². The molecule has 2 aromatic carbocycles. The van der Waals surface area contributed by atoms with Crippen LogP contribution in [0.1, 0.15) is 58.6 Å². The van der Waals surface area contributed by atoms with Crippen molar-refractivity contribution < 1.29 is 9.59 Å². The maximum Gasteiger partial charge on any atom is 0.257 e. The van der Waals surface area contributed by atoms with Gasteiger partial charge in [-0.05, 0) is 60.7 Å². The SMILES string of the molecule is CC(C)c1ccc(NC(=O)C2CCc3sc(NC(=O)c4ccc(Cl)cc4)nc32)cc1. The Balaban J connectivity index is 1.43. The molecule has 1 heterocycles. The molecule has 0 fully saturated rings. The van der Waals surface area contributed by atoms with Gasteiger partial charge in [0.15, 0.2) is 5.13 Å². The molecular formula is C23H22ClN3O2S. The van der Waals surface area contributed by atoms with Crippen LogP contribution in [-0.4, -0.2) is 16.8 Å². The maximum absolute atomic E-state index is 12.8. The van der Waals surface area contributed by atoms with Crippen molar-refractivity contribution in [2.45, 2.75) is 38.5 Å². The van der Waals surface area contributed by atoms with Crippen LogP contribution in [0.3, 0.4) is 0 Å². The summed E-state index contributed by atoms with van der Waals surface area (Å²) in [5, 5.41) is 6.91. The summed E-state index contributed by atoms with van der Waals surface area (Å²) in [6.45, 7) is 4.28. The molecule has 2 N–H and O–H groups in total. The molecule has 5 nitrogen and oxygen atoms in total. The largest absolute Gasteiger partial charge is 0.326 e. The fourth-order valence-corrected chi connectivity index (χ4v) is 4.65. The zero-order valence-corrected chi connectivity index (χ0v) is 18.3. The number of halogens is 1. The molecule has 7 heteroatoms. The van der Waals surface area contributed by atoms with E-state index in [1.807, 2.05) is 24.3 Å². The molecular weight excluding hydrogens is 418 g/mol. The van der Waals surface area contributed by atoms with Gasteiger partial charge in [-0.2, -0.15) is 0 Å². The molecule has 1 unspecified atom stereocenters. The molecule has 1 aliphatic carbocycles. The minimum Gasteiger partial charge on any atom is -0.326 e. The van der Waals surface area contributed by atoms with Crippen LogP contribution in [0.5, 0.6) is 0 Å². The van der Waals surface area contributed by atoms with E-state index in [-0.39, 0.29) is 17.7 Å². The van der Waals surface area contributed by atoms with Crippen LogP contribution in [-0.2, 0) is 11.2 Å². The maximum atomic E-state index is 12.8. The van der Waals surface area contributed by atoms with Crippen molar-refractivity contribution in [2.75, 3.05) is 10.6 Å². The zero-order chi connectivity index (χ0) is 21.3. The number of amides is 2. The molecule has 0 spiro atoms. The molecule has 2 amide bonds. The number of fused-ring (bicyclic) bond motifs is 1. The van der Waals surface area contributed by atoms with E-state index >= 15 is 0 Å². The van der Waals surface area contributed by atoms with E-state index in [4.69, 9.17) is 11.6 Å². The monoisotopic (exact) mass is 439 g/mol. The smallest absolute Gasteiger partial charge is 0.257 e. The summed E-state index contributed by atoms with van der Waals surface area (Å²) in [6.07, 6.45) is 1.52. The van der Waals surface area contributed by atoms with Crippen molar-refractivity contribution in [3.63, 3.8) is 0 Å². The number of carbonyl (C=O) groups is 2. The number of aromatic nitrogens is 1. The number of nitrogens with zero attached hydrogens (tertiary/aromatic N) is 1. The Kier molecular flexibility index (Phi) is 5.88. The predicted octanol–water partition coefficient (Wildman–Crippen LogP) is 5.84. The van der Waals surface area contributed by atoms with Gasteiger partial charge in [0.25, 0.3) is 5.91 Å². The third-order valence-corrected chi connectivity index (χ3v) is 6.50. The zero-order valence-electron chi connectivity index (χ0n) is 16.7. The second-order valence-corrected chi connectivity index (χ2v) is 9.17. The molecule has 1 atom stereocenters. The van der Waals surface area contributed by atoms with Gasteiger partial charge < -0.3 is 5.32 Å². The quantitative estimate of drug-likeness (QED) is 0.524. The van der Waals surface area contributed by atoms with Crippen LogP contribution in [0, 0.1) is 0 Å². The van der Waals surface area contributed by atoms with E-state index in [9.17, 15) is 9.59 Å². The van der Waals surface area contributed by atoms with Gasteiger partial charge in [0.05, 0.1) is 11.6 Å². The number of rotatable bonds is 5. The van der Waals surface area contributed by atoms with Gasteiger partial charge >= 0.3 is 0 Å². The highest BCUT2D eigenvalue weighted by molar-refractivity contribution is 7.16. The first-order valence-electron chi connectivity index (χ1n) is 9.88. The van der Waals surface area contributed by atoms with Crippen LogP contribution < -0.4 is 10.6 Å². The number of hydrogen-bond donors (Lipinski definition) is 2. The predicted molar refractivity (Wildman–Crippen MR) is 122 cm³/mol. The third-order valence-electron chi connectivity index (χ3n) is 5.21. The number of benzene rings is 2. The lowest BCUT2D eigenvalue weighted by Gasteiger charge is -2.12. The van der Waals surface area contributed by atoms with Crippen LogP contribution in [0.4, 0.5) is 10.8 Å². The topological polar surface area (TPSA) is 71.1 Å². The molecule has 0 aliphatic heterocycles. The van der Waals surface area contributed by atoms with Crippen molar-refractivity contribution in [2.24, 2.45) is 0 Å². The summed E-state index contributed by atoms with van der Waals surface area (Å²) >= 11 is 7.30. The summed E-state index contributed by atoms with van der Waals surface area (Å²) in [6, 6.07) is 14.6. The number of carbonyl (C=O) groups excluding carboxylic acids is 2. The number of aryl methyl sites for hydroxylation is 1. The normalized spacial score (nSPS) is 15.1. The highest BCUT2D eigenvalue weighted by Gasteiger charge is 2.33. The van der Waals surface area contributed by atoms with Gasteiger partial charge in [-0.25, -0.2) is 4.98 Å². The first-order valence-corrected chi connectivity index (χ1v) is 11.1. The fraction of sp³-hybridized carbons (Fsp3) is 0.261. The van der Waals surface area contributed by atoms with Gasteiger partial charge in [0.1, 0.15) is 0 Å².